The molecule has 0 saturated carbocycles. The van der Waals surface area contributed by atoms with Gasteiger partial charge in [-0.05, 0) is 24.8 Å². The summed E-state index contributed by atoms with van der Waals surface area (Å²) in [4.78, 5) is 23.2. The van der Waals surface area contributed by atoms with Gasteiger partial charge in [0, 0.05) is 5.25 Å². The molecular formula is C14H18ClNO3S. The van der Waals surface area contributed by atoms with Crippen molar-refractivity contribution in [2.45, 2.75) is 25.0 Å². The summed E-state index contributed by atoms with van der Waals surface area (Å²) in [5.41, 5.74) is 0.505. The molecule has 6 heteroatoms. The minimum absolute atomic E-state index is 0.231. The highest BCUT2D eigenvalue weighted by atomic mass is 35.5. The Kier molecular flexibility index (Phi) is 7.47. The normalized spacial score (nSPS) is 11.8. The second-order valence-corrected chi connectivity index (χ2v) is 5.70. The second kappa shape index (κ2) is 8.87. The molecule has 1 aromatic rings. The van der Waals surface area contributed by atoms with E-state index in [1.807, 2.05) is 13.2 Å². The number of benzene rings is 1. The van der Waals surface area contributed by atoms with Gasteiger partial charge >= 0.3 is 5.97 Å². The van der Waals surface area contributed by atoms with Crippen molar-refractivity contribution in [1.82, 2.24) is 0 Å². The maximum Gasteiger partial charge on any atom is 0.307 e. The van der Waals surface area contributed by atoms with Crippen LogP contribution in [0.3, 0.4) is 0 Å². The van der Waals surface area contributed by atoms with Crippen LogP contribution in [-0.2, 0) is 14.3 Å². The number of anilines is 1. The number of hydrogen-bond donors (Lipinski definition) is 1. The van der Waals surface area contributed by atoms with Gasteiger partial charge in [0.25, 0.3) is 5.91 Å². The van der Waals surface area contributed by atoms with E-state index >= 15 is 0 Å². The van der Waals surface area contributed by atoms with Crippen LogP contribution in [0.15, 0.2) is 24.3 Å². The quantitative estimate of drug-likeness (QED) is 0.784. The maximum atomic E-state index is 11.6. The van der Waals surface area contributed by atoms with Crippen molar-refractivity contribution in [2.24, 2.45) is 0 Å². The molecule has 0 spiro atoms. The third-order valence-corrected chi connectivity index (χ3v) is 4.19. The van der Waals surface area contributed by atoms with E-state index in [0.717, 1.165) is 6.42 Å². The molecule has 0 heterocycles. The van der Waals surface area contributed by atoms with Crippen LogP contribution >= 0.6 is 23.4 Å². The number of rotatable bonds is 7. The van der Waals surface area contributed by atoms with Gasteiger partial charge in [-0.15, -0.1) is 0 Å². The first-order chi connectivity index (χ1) is 9.56. The van der Waals surface area contributed by atoms with Crippen molar-refractivity contribution in [3.63, 3.8) is 0 Å². The van der Waals surface area contributed by atoms with E-state index in [1.54, 1.807) is 36.0 Å². The standard InChI is InChI=1S/C14H18ClNO3S/c1-3-10(20-2)8-14(18)19-9-13(17)16-12-7-5-4-6-11(12)15/h4-7,10H,3,8-9H2,1-2H3,(H,16,17). The van der Waals surface area contributed by atoms with Crippen LogP contribution in [0.2, 0.25) is 5.02 Å². The van der Waals surface area contributed by atoms with Gasteiger partial charge in [-0.3, -0.25) is 9.59 Å². The number of amides is 1. The lowest BCUT2D eigenvalue weighted by Crippen LogP contribution is -2.22. The van der Waals surface area contributed by atoms with E-state index in [9.17, 15) is 9.59 Å². The Morgan fingerprint density at radius 1 is 1.40 bits per heavy atom. The monoisotopic (exact) mass is 315 g/mol. The molecule has 0 fully saturated rings. The summed E-state index contributed by atoms with van der Waals surface area (Å²) in [5, 5.41) is 3.27. The SMILES string of the molecule is CCC(CC(=O)OCC(=O)Nc1ccccc1Cl)SC. The van der Waals surface area contributed by atoms with Crippen LogP contribution in [0.4, 0.5) is 5.69 Å². The van der Waals surface area contributed by atoms with Gasteiger partial charge in [0.15, 0.2) is 6.61 Å². The molecule has 1 unspecified atom stereocenters. The first-order valence-electron chi connectivity index (χ1n) is 6.29. The number of halogens is 1. The van der Waals surface area contributed by atoms with Crippen molar-refractivity contribution < 1.29 is 14.3 Å². The van der Waals surface area contributed by atoms with Crippen LogP contribution in [0.5, 0.6) is 0 Å². The molecule has 0 aliphatic heterocycles. The van der Waals surface area contributed by atoms with E-state index in [1.165, 1.54) is 0 Å². The minimum atomic E-state index is -0.399. The molecule has 0 saturated heterocycles. The molecule has 0 bridgehead atoms. The highest BCUT2D eigenvalue weighted by Crippen LogP contribution is 2.20. The van der Waals surface area contributed by atoms with Crippen LogP contribution in [0, 0.1) is 0 Å². The molecule has 110 valence electrons. The number of para-hydroxylation sites is 1. The molecule has 1 N–H and O–H groups in total. The third kappa shape index (κ3) is 5.84. The van der Waals surface area contributed by atoms with E-state index in [-0.39, 0.29) is 17.8 Å². The molecule has 1 aromatic carbocycles. The zero-order valence-electron chi connectivity index (χ0n) is 11.5. The molecule has 4 nitrogen and oxygen atoms in total. The van der Waals surface area contributed by atoms with Gasteiger partial charge in [-0.2, -0.15) is 11.8 Å². The summed E-state index contributed by atoms with van der Waals surface area (Å²) in [7, 11) is 0. The molecule has 1 atom stereocenters. The Morgan fingerprint density at radius 2 is 2.10 bits per heavy atom. The van der Waals surface area contributed by atoms with Crippen molar-refractivity contribution in [3.05, 3.63) is 29.3 Å². The second-order valence-electron chi connectivity index (χ2n) is 4.16. The number of carbonyl (C=O) groups excluding carboxylic acids is 2. The molecule has 0 radical (unpaired) electrons. The number of nitrogens with one attached hydrogen (secondary N) is 1. The van der Waals surface area contributed by atoms with E-state index in [4.69, 9.17) is 16.3 Å². The Bertz CT molecular complexity index is 463. The molecule has 0 aliphatic rings. The molecule has 0 aliphatic carbocycles. The van der Waals surface area contributed by atoms with Gasteiger partial charge < -0.3 is 10.1 Å². The van der Waals surface area contributed by atoms with Crippen molar-refractivity contribution in [3.8, 4) is 0 Å². The molecule has 0 aromatic heterocycles. The van der Waals surface area contributed by atoms with Gasteiger partial charge in [-0.25, -0.2) is 0 Å². The van der Waals surface area contributed by atoms with Crippen LogP contribution in [0.1, 0.15) is 19.8 Å². The average molecular weight is 316 g/mol. The Balaban J connectivity index is 2.37. The van der Waals surface area contributed by atoms with Crippen molar-refractivity contribution in [2.75, 3.05) is 18.2 Å². The molecule has 20 heavy (non-hydrogen) atoms. The van der Waals surface area contributed by atoms with E-state index < -0.39 is 5.91 Å². The predicted octanol–water partition coefficient (Wildman–Crippen LogP) is 3.35. The Morgan fingerprint density at radius 3 is 2.70 bits per heavy atom. The number of esters is 1. The van der Waals surface area contributed by atoms with Gasteiger partial charge in [0.05, 0.1) is 17.1 Å². The van der Waals surface area contributed by atoms with E-state index in [0.29, 0.717) is 17.1 Å². The number of ether oxygens (including phenoxy) is 1. The van der Waals surface area contributed by atoms with Crippen LogP contribution in [0.25, 0.3) is 0 Å². The van der Waals surface area contributed by atoms with E-state index in [2.05, 4.69) is 5.32 Å². The summed E-state index contributed by atoms with van der Waals surface area (Å²) >= 11 is 7.53. The number of thioether (sulfide) groups is 1. The van der Waals surface area contributed by atoms with Crippen molar-refractivity contribution in [1.29, 1.82) is 0 Å². The smallest absolute Gasteiger partial charge is 0.307 e. The number of carbonyl (C=O) groups is 2. The van der Waals surface area contributed by atoms with Crippen LogP contribution < -0.4 is 5.32 Å². The highest BCUT2D eigenvalue weighted by molar-refractivity contribution is 7.99. The zero-order chi connectivity index (χ0) is 15.0. The Hall–Kier alpha value is -1.20. The topological polar surface area (TPSA) is 55.4 Å². The van der Waals surface area contributed by atoms with Gasteiger partial charge in [-0.1, -0.05) is 30.7 Å². The highest BCUT2D eigenvalue weighted by Gasteiger charge is 2.14. The zero-order valence-corrected chi connectivity index (χ0v) is 13.1. The lowest BCUT2D eigenvalue weighted by Gasteiger charge is -2.11. The summed E-state index contributed by atoms with van der Waals surface area (Å²) < 4.78 is 4.94. The molecule has 1 amide bonds. The summed E-state index contributed by atoms with van der Waals surface area (Å²) in [5.74, 6) is -0.760. The first kappa shape index (κ1) is 16.9. The average Bonchev–Trinajstić information content (AvgIpc) is 2.45. The lowest BCUT2D eigenvalue weighted by atomic mass is 10.2. The largest absolute Gasteiger partial charge is 0.456 e. The number of hydrogen-bond acceptors (Lipinski definition) is 4. The molecule has 1 rings (SSSR count). The van der Waals surface area contributed by atoms with Crippen LogP contribution in [-0.4, -0.2) is 30.0 Å². The summed E-state index contributed by atoms with van der Waals surface area (Å²) in [6, 6.07) is 6.89. The third-order valence-electron chi connectivity index (χ3n) is 2.70. The fourth-order valence-electron chi connectivity index (χ4n) is 1.53. The predicted molar refractivity (Wildman–Crippen MR) is 83.3 cm³/mol. The fraction of sp³-hybridized carbons (Fsp3) is 0.429. The minimum Gasteiger partial charge on any atom is -0.456 e. The molecular weight excluding hydrogens is 298 g/mol. The van der Waals surface area contributed by atoms with Gasteiger partial charge in [0.2, 0.25) is 0 Å². The fourth-order valence-corrected chi connectivity index (χ4v) is 2.35. The summed E-state index contributed by atoms with van der Waals surface area (Å²) in [6.07, 6.45) is 3.16. The maximum absolute atomic E-state index is 11.6. The first-order valence-corrected chi connectivity index (χ1v) is 7.96. The Labute approximate surface area is 128 Å². The van der Waals surface area contributed by atoms with Crippen molar-refractivity contribution >= 4 is 40.9 Å². The summed E-state index contributed by atoms with van der Waals surface area (Å²) in [6.45, 7) is 1.72. The van der Waals surface area contributed by atoms with Gasteiger partial charge in [0.1, 0.15) is 0 Å². The lowest BCUT2D eigenvalue weighted by molar-refractivity contribution is -0.147.